The molecule has 6 N–H and O–H groups in total. The summed E-state index contributed by atoms with van der Waals surface area (Å²) in [5, 5.41) is 6.38. The van der Waals surface area contributed by atoms with Gasteiger partial charge in [0, 0.05) is 31.6 Å². The molecule has 96 valence electrons. The highest BCUT2D eigenvalue weighted by atomic mass is 15.3. The van der Waals surface area contributed by atoms with E-state index in [1.54, 1.807) is 12.4 Å². The van der Waals surface area contributed by atoms with E-state index in [1.807, 2.05) is 24.4 Å². The average molecular weight is 246 g/mol. The van der Waals surface area contributed by atoms with Gasteiger partial charge in [-0.15, -0.1) is 0 Å². The number of hydrogen-bond donors (Lipinski definition) is 4. The van der Waals surface area contributed by atoms with Gasteiger partial charge >= 0.3 is 0 Å². The minimum atomic E-state index is -0.805. The third-order valence-corrected chi connectivity index (χ3v) is 2.63. The first-order valence-corrected chi connectivity index (χ1v) is 5.87. The number of aliphatic imine (C=N–C) groups is 1. The number of pyridine rings is 1. The molecule has 0 fully saturated rings. The molecule has 0 saturated carbocycles. The normalized spacial score (nSPS) is 22.2. The zero-order valence-electron chi connectivity index (χ0n) is 10.1. The summed E-state index contributed by atoms with van der Waals surface area (Å²) in [6.45, 7) is 1.16. The van der Waals surface area contributed by atoms with Crippen LogP contribution >= 0.6 is 0 Å². The van der Waals surface area contributed by atoms with Crippen molar-refractivity contribution in [3.8, 4) is 0 Å². The van der Waals surface area contributed by atoms with Crippen LogP contribution < -0.4 is 22.1 Å². The minimum Gasteiger partial charge on any atom is -0.368 e. The smallest absolute Gasteiger partial charge is 0.184 e. The first kappa shape index (κ1) is 12.5. The highest BCUT2D eigenvalue weighted by Crippen LogP contribution is 2.09. The largest absolute Gasteiger partial charge is 0.368 e. The van der Waals surface area contributed by atoms with E-state index in [1.165, 1.54) is 0 Å². The lowest BCUT2D eigenvalue weighted by atomic mass is 10.2. The Labute approximate surface area is 106 Å². The van der Waals surface area contributed by atoms with E-state index >= 15 is 0 Å². The number of aromatic nitrogens is 1. The summed E-state index contributed by atoms with van der Waals surface area (Å²) in [5.41, 5.74) is 12.7. The second-order valence-corrected chi connectivity index (χ2v) is 4.16. The predicted octanol–water partition coefficient (Wildman–Crippen LogP) is -0.352. The highest BCUT2D eigenvalue weighted by Gasteiger charge is 2.24. The Balaban J connectivity index is 1.91. The maximum Gasteiger partial charge on any atom is 0.184 e. The van der Waals surface area contributed by atoms with Gasteiger partial charge in [0.2, 0.25) is 0 Å². The third kappa shape index (κ3) is 3.28. The summed E-state index contributed by atoms with van der Waals surface area (Å²) < 4.78 is 0. The Morgan fingerprint density at radius 2 is 2.33 bits per heavy atom. The van der Waals surface area contributed by atoms with Crippen molar-refractivity contribution in [3.05, 3.63) is 42.0 Å². The topological polar surface area (TPSA) is 101 Å². The van der Waals surface area contributed by atoms with E-state index < -0.39 is 5.79 Å². The first-order valence-electron chi connectivity index (χ1n) is 5.87. The first-order chi connectivity index (χ1) is 8.72. The summed E-state index contributed by atoms with van der Waals surface area (Å²) >= 11 is 0. The Bertz CT molecular complexity index is 441. The van der Waals surface area contributed by atoms with Crippen molar-refractivity contribution in [2.45, 2.75) is 18.8 Å². The maximum absolute atomic E-state index is 6.05. The zero-order valence-corrected chi connectivity index (χ0v) is 10.1. The second kappa shape index (κ2) is 5.61. The quantitative estimate of drug-likeness (QED) is 0.569. The van der Waals surface area contributed by atoms with Crippen LogP contribution in [0, 0.1) is 0 Å². The SMILES string of the molecule is NCCC1(N)N=CC=C(NCc2cccnc2)N1. The lowest BCUT2D eigenvalue weighted by molar-refractivity contribution is 0.347. The number of rotatable bonds is 5. The molecule has 2 heterocycles. The van der Waals surface area contributed by atoms with E-state index in [2.05, 4.69) is 20.6 Å². The fourth-order valence-electron chi connectivity index (χ4n) is 1.70. The minimum absolute atomic E-state index is 0.483. The monoisotopic (exact) mass is 246 g/mol. The molecule has 1 aliphatic heterocycles. The van der Waals surface area contributed by atoms with Gasteiger partial charge in [0.15, 0.2) is 5.79 Å². The molecule has 2 rings (SSSR count). The molecule has 1 unspecified atom stereocenters. The van der Waals surface area contributed by atoms with E-state index in [0.717, 1.165) is 11.4 Å². The van der Waals surface area contributed by atoms with Gasteiger partial charge in [-0.1, -0.05) is 6.07 Å². The van der Waals surface area contributed by atoms with Gasteiger partial charge in [0.05, 0.1) is 0 Å². The van der Waals surface area contributed by atoms with Crippen molar-refractivity contribution in [1.82, 2.24) is 15.6 Å². The molecule has 1 aliphatic rings. The summed E-state index contributed by atoms with van der Waals surface area (Å²) in [6.07, 6.45) is 7.69. The van der Waals surface area contributed by atoms with Gasteiger partial charge in [-0.2, -0.15) is 0 Å². The molecule has 0 bridgehead atoms. The number of hydrogen-bond acceptors (Lipinski definition) is 6. The summed E-state index contributed by atoms with van der Waals surface area (Å²) in [6, 6.07) is 3.91. The van der Waals surface area contributed by atoms with Crippen LogP contribution in [0.3, 0.4) is 0 Å². The third-order valence-electron chi connectivity index (χ3n) is 2.63. The predicted molar refractivity (Wildman–Crippen MR) is 71.4 cm³/mol. The standard InChI is InChI=1S/C12H18N6/c13-5-4-12(14)17-7-3-11(18-12)16-9-10-2-1-6-15-8-10/h1-3,6-8,16,18H,4-5,9,13-14H2. The number of nitrogens with zero attached hydrogens (tertiary/aromatic N) is 2. The van der Waals surface area contributed by atoms with E-state index in [9.17, 15) is 0 Å². The fraction of sp³-hybridized carbons (Fsp3) is 0.333. The number of allylic oxidation sites excluding steroid dienone is 1. The summed E-state index contributed by atoms with van der Waals surface area (Å²) in [5.74, 6) is 0.0330. The van der Waals surface area contributed by atoms with E-state index in [4.69, 9.17) is 11.5 Å². The summed E-state index contributed by atoms with van der Waals surface area (Å²) in [4.78, 5) is 8.25. The van der Waals surface area contributed by atoms with Crippen molar-refractivity contribution in [3.63, 3.8) is 0 Å². The Kier molecular flexibility index (Phi) is 3.91. The highest BCUT2D eigenvalue weighted by molar-refractivity contribution is 5.73. The fourth-order valence-corrected chi connectivity index (χ4v) is 1.70. The second-order valence-electron chi connectivity index (χ2n) is 4.16. The van der Waals surface area contributed by atoms with E-state index in [-0.39, 0.29) is 0 Å². The van der Waals surface area contributed by atoms with Crippen LogP contribution in [0.5, 0.6) is 0 Å². The average Bonchev–Trinajstić information content (AvgIpc) is 2.38. The van der Waals surface area contributed by atoms with E-state index in [0.29, 0.717) is 19.5 Å². The number of nitrogens with one attached hydrogen (secondary N) is 2. The molecule has 0 amide bonds. The Morgan fingerprint density at radius 3 is 3.06 bits per heavy atom. The molecule has 6 heteroatoms. The van der Waals surface area contributed by atoms with Crippen LogP contribution in [-0.2, 0) is 6.54 Å². The van der Waals surface area contributed by atoms with Crippen molar-refractivity contribution in [1.29, 1.82) is 0 Å². The van der Waals surface area contributed by atoms with Gasteiger partial charge in [-0.3, -0.25) is 15.7 Å². The number of nitrogens with two attached hydrogens (primary N) is 2. The molecule has 1 atom stereocenters. The van der Waals surface area contributed by atoms with Gasteiger partial charge in [-0.25, -0.2) is 0 Å². The van der Waals surface area contributed by atoms with Gasteiger partial charge in [-0.05, 0) is 24.3 Å². The molecule has 0 aromatic carbocycles. The van der Waals surface area contributed by atoms with Crippen LogP contribution in [0.1, 0.15) is 12.0 Å². The van der Waals surface area contributed by atoms with Crippen molar-refractivity contribution >= 4 is 6.21 Å². The van der Waals surface area contributed by atoms with Gasteiger partial charge in [0.25, 0.3) is 0 Å². The molecular weight excluding hydrogens is 228 g/mol. The van der Waals surface area contributed by atoms with Crippen LogP contribution in [0.2, 0.25) is 0 Å². The van der Waals surface area contributed by atoms with Gasteiger partial charge < -0.3 is 16.4 Å². The van der Waals surface area contributed by atoms with Crippen LogP contribution in [0.15, 0.2) is 41.4 Å². The molecule has 0 spiro atoms. The van der Waals surface area contributed by atoms with Gasteiger partial charge in [0.1, 0.15) is 5.82 Å². The van der Waals surface area contributed by atoms with Crippen molar-refractivity contribution in [2.24, 2.45) is 16.5 Å². The molecule has 1 aromatic rings. The lowest BCUT2D eigenvalue weighted by Crippen LogP contribution is -2.55. The molecule has 1 aromatic heterocycles. The molecule has 0 aliphatic carbocycles. The van der Waals surface area contributed by atoms with Crippen LogP contribution in [0.25, 0.3) is 0 Å². The zero-order chi connectivity index (χ0) is 12.8. The molecule has 6 nitrogen and oxygen atoms in total. The molecular formula is C12H18N6. The Morgan fingerprint density at radius 1 is 1.44 bits per heavy atom. The lowest BCUT2D eigenvalue weighted by Gasteiger charge is -2.31. The van der Waals surface area contributed by atoms with Crippen LogP contribution in [0.4, 0.5) is 0 Å². The van der Waals surface area contributed by atoms with Crippen LogP contribution in [-0.4, -0.2) is 23.5 Å². The Hall–Kier alpha value is -1.92. The molecule has 0 saturated heterocycles. The molecule has 0 radical (unpaired) electrons. The summed E-state index contributed by atoms with van der Waals surface area (Å²) in [7, 11) is 0. The molecule has 18 heavy (non-hydrogen) atoms. The van der Waals surface area contributed by atoms with Crippen molar-refractivity contribution < 1.29 is 0 Å². The maximum atomic E-state index is 6.05. The van der Waals surface area contributed by atoms with Crippen molar-refractivity contribution in [2.75, 3.05) is 6.54 Å².